The average molecular weight is 288 g/mol. The quantitative estimate of drug-likeness (QED) is 0.669. The summed E-state index contributed by atoms with van der Waals surface area (Å²) in [5, 5.41) is 2.94. The molecule has 3 atom stereocenters. The predicted molar refractivity (Wildman–Crippen MR) is 71.8 cm³/mol. The Labute approximate surface area is 116 Å². The molecule has 0 saturated carbocycles. The molecular weight excluding hydrogens is 273 g/mol. The van der Waals surface area contributed by atoms with Crippen molar-refractivity contribution in [2.24, 2.45) is 0 Å². The Balaban J connectivity index is 2.00. The summed E-state index contributed by atoms with van der Waals surface area (Å²) in [7, 11) is 1.86. The van der Waals surface area contributed by atoms with Crippen LogP contribution >= 0.6 is 23.2 Å². The Bertz CT molecular complexity index is 415. The van der Waals surface area contributed by atoms with E-state index in [1.54, 1.807) is 24.5 Å². The molecule has 1 aliphatic heterocycles. The van der Waals surface area contributed by atoms with Crippen LogP contribution in [0.4, 0.5) is 0 Å². The van der Waals surface area contributed by atoms with Crippen molar-refractivity contribution in [2.45, 2.75) is 29.9 Å². The Kier molecular flexibility index (Phi) is 4.43. The minimum Gasteiger partial charge on any atom is -0.346 e. The Morgan fingerprint density at radius 3 is 2.72 bits per heavy atom. The first-order chi connectivity index (χ1) is 8.59. The lowest BCUT2D eigenvalue weighted by atomic mass is 10.1. The number of nitrogens with one attached hydrogen (secondary N) is 1. The van der Waals surface area contributed by atoms with Gasteiger partial charge in [0.2, 0.25) is 0 Å². The van der Waals surface area contributed by atoms with E-state index in [9.17, 15) is 4.79 Å². The molecule has 1 saturated heterocycles. The molecular formula is C12H15Cl2N3O. The van der Waals surface area contributed by atoms with Gasteiger partial charge in [0.25, 0.3) is 5.91 Å². The first-order valence-electron chi connectivity index (χ1n) is 5.80. The van der Waals surface area contributed by atoms with Crippen molar-refractivity contribution in [1.29, 1.82) is 0 Å². The highest BCUT2D eigenvalue weighted by atomic mass is 35.5. The summed E-state index contributed by atoms with van der Waals surface area (Å²) in [6.07, 6.45) is 4.77. The Hall–Kier alpha value is -0.840. The number of likely N-dealkylation sites (N-methyl/N-ethyl adjacent to an activating group) is 1. The Morgan fingerprint density at radius 1 is 1.39 bits per heavy atom. The van der Waals surface area contributed by atoms with Crippen molar-refractivity contribution in [2.75, 3.05) is 7.05 Å². The summed E-state index contributed by atoms with van der Waals surface area (Å²) >= 11 is 12.4. The van der Waals surface area contributed by atoms with E-state index >= 15 is 0 Å². The van der Waals surface area contributed by atoms with Gasteiger partial charge in [-0.1, -0.05) is 0 Å². The van der Waals surface area contributed by atoms with Crippen LogP contribution in [0.3, 0.4) is 0 Å². The second kappa shape index (κ2) is 5.87. The molecule has 0 spiro atoms. The number of amides is 1. The van der Waals surface area contributed by atoms with Crippen molar-refractivity contribution in [3.05, 3.63) is 30.1 Å². The predicted octanol–water partition coefficient (Wildman–Crippen LogP) is 2.04. The number of halogens is 2. The van der Waals surface area contributed by atoms with Crippen molar-refractivity contribution >= 4 is 29.1 Å². The highest BCUT2D eigenvalue weighted by molar-refractivity contribution is 6.23. The van der Waals surface area contributed by atoms with E-state index < -0.39 is 0 Å². The fraction of sp³-hybridized carbons (Fsp3) is 0.500. The highest BCUT2D eigenvalue weighted by Gasteiger charge is 2.33. The van der Waals surface area contributed by atoms with E-state index in [1.807, 2.05) is 11.9 Å². The van der Waals surface area contributed by atoms with Gasteiger partial charge in [-0.05, 0) is 32.0 Å². The molecule has 0 aliphatic carbocycles. The normalized spacial score (nSPS) is 28.9. The van der Waals surface area contributed by atoms with Crippen LogP contribution in [0, 0.1) is 0 Å². The van der Waals surface area contributed by atoms with E-state index in [0.717, 1.165) is 12.8 Å². The van der Waals surface area contributed by atoms with Gasteiger partial charge in [-0.25, -0.2) is 0 Å². The fourth-order valence-corrected chi connectivity index (χ4v) is 2.62. The molecule has 1 fully saturated rings. The number of carbonyl (C=O) groups is 1. The number of rotatable bonds is 2. The summed E-state index contributed by atoms with van der Waals surface area (Å²) in [5.74, 6) is -0.130. The minimum absolute atomic E-state index is 0.0680. The molecule has 98 valence electrons. The lowest BCUT2D eigenvalue weighted by Gasteiger charge is -2.38. The monoisotopic (exact) mass is 287 g/mol. The van der Waals surface area contributed by atoms with E-state index in [1.165, 1.54) is 0 Å². The summed E-state index contributed by atoms with van der Waals surface area (Å²) in [5.41, 5.74) is 0.234. The van der Waals surface area contributed by atoms with Gasteiger partial charge >= 0.3 is 0 Å². The van der Waals surface area contributed by atoms with Crippen LogP contribution in [-0.2, 0) is 0 Å². The third-order valence-electron chi connectivity index (χ3n) is 3.14. The van der Waals surface area contributed by atoms with E-state index in [2.05, 4.69) is 10.3 Å². The molecule has 2 rings (SSSR count). The van der Waals surface area contributed by atoms with E-state index in [4.69, 9.17) is 23.2 Å². The van der Waals surface area contributed by atoms with Gasteiger partial charge in [-0.15, -0.1) is 23.2 Å². The van der Waals surface area contributed by atoms with Crippen LogP contribution in [0.15, 0.2) is 24.5 Å². The number of pyridine rings is 1. The summed E-state index contributed by atoms with van der Waals surface area (Å²) in [6.45, 7) is 0. The second-order valence-electron chi connectivity index (χ2n) is 4.37. The van der Waals surface area contributed by atoms with Gasteiger partial charge in [-0.3, -0.25) is 14.7 Å². The average Bonchev–Trinajstić information content (AvgIpc) is 2.40. The van der Waals surface area contributed by atoms with Crippen molar-refractivity contribution < 1.29 is 4.79 Å². The number of nitrogens with zero attached hydrogens (tertiary/aromatic N) is 2. The van der Waals surface area contributed by atoms with Gasteiger partial charge in [0, 0.05) is 18.0 Å². The molecule has 1 amide bonds. The molecule has 1 aromatic rings. The van der Waals surface area contributed by atoms with Gasteiger partial charge in [-0.2, -0.15) is 0 Å². The molecule has 1 aromatic heterocycles. The first kappa shape index (κ1) is 13.6. The van der Waals surface area contributed by atoms with Crippen molar-refractivity contribution in [1.82, 2.24) is 15.2 Å². The maximum atomic E-state index is 12.0. The van der Waals surface area contributed by atoms with E-state index in [0.29, 0.717) is 5.56 Å². The molecule has 0 radical (unpaired) electrons. The Morgan fingerprint density at radius 2 is 2.06 bits per heavy atom. The maximum absolute atomic E-state index is 12.0. The topological polar surface area (TPSA) is 45.2 Å². The van der Waals surface area contributed by atoms with E-state index in [-0.39, 0.29) is 23.0 Å². The van der Waals surface area contributed by atoms with Gasteiger partial charge in [0.05, 0.1) is 11.5 Å². The number of carbonyl (C=O) groups excluding carboxylic acids is 1. The molecule has 0 bridgehead atoms. The summed E-state index contributed by atoms with van der Waals surface area (Å²) in [6, 6.07) is 3.26. The van der Waals surface area contributed by atoms with Crippen LogP contribution in [0.5, 0.6) is 0 Å². The standard InChI is InChI=1S/C12H15Cl2N3O/c1-17-10(13)3-2-9(11(17)14)16-12(18)8-4-6-15-7-5-8/h4-7,9-11H,2-3H2,1H3,(H,16,18). The number of alkyl halides is 2. The van der Waals surface area contributed by atoms with Crippen LogP contribution < -0.4 is 5.32 Å². The number of hydrogen-bond acceptors (Lipinski definition) is 3. The van der Waals surface area contributed by atoms with Crippen LogP contribution in [0.2, 0.25) is 0 Å². The number of likely N-dealkylation sites (tertiary alicyclic amines) is 1. The molecule has 3 unspecified atom stereocenters. The van der Waals surface area contributed by atoms with Gasteiger partial charge in [0.1, 0.15) is 5.50 Å². The van der Waals surface area contributed by atoms with Gasteiger partial charge in [0.15, 0.2) is 0 Å². The lowest BCUT2D eigenvalue weighted by Crippen LogP contribution is -2.53. The van der Waals surface area contributed by atoms with Gasteiger partial charge < -0.3 is 5.32 Å². The lowest BCUT2D eigenvalue weighted by molar-refractivity contribution is 0.0889. The van der Waals surface area contributed by atoms with Crippen LogP contribution in [0.1, 0.15) is 23.2 Å². The fourth-order valence-electron chi connectivity index (χ4n) is 1.99. The van der Waals surface area contributed by atoms with Crippen LogP contribution in [-0.4, -0.2) is 39.9 Å². The summed E-state index contributed by atoms with van der Waals surface area (Å²) < 4.78 is 0. The first-order valence-corrected chi connectivity index (χ1v) is 6.68. The zero-order chi connectivity index (χ0) is 13.1. The SMILES string of the molecule is CN1C(Cl)CCC(NC(=O)c2ccncc2)C1Cl. The number of hydrogen-bond donors (Lipinski definition) is 1. The zero-order valence-corrected chi connectivity index (χ0v) is 11.5. The molecule has 18 heavy (non-hydrogen) atoms. The smallest absolute Gasteiger partial charge is 0.251 e. The highest BCUT2D eigenvalue weighted by Crippen LogP contribution is 2.26. The summed E-state index contributed by atoms with van der Waals surface area (Å²) in [4.78, 5) is 17.7. The molecule has 1 aliphatic rings. The minimum atomic E-state index is -0.285. The van der Waals surface area contributed by atoms with Crippen molar-refractivity contribution in [3.8, 4) is 0 Å². The third kappa shape index (κ3) is 2.94. The molecule has 6 heteroatoms. The third-order valence-corrected chi connectivity index (χ3v) is 4.28. The number of aromatic nitrogens is 1. The largest absolute Gasteiger partial charge is 0.346 e. The second-order valence-corrected chi connectivity index (χ2v) is 5.32. The molecule has 0 aromatic carbocycles. The number of piperidine rings is 1. The van der Waals surface area contributed by atoms with Crippen molar-refractivity contribution in [3.63, 3.8) is 0 Å². The molecule has 4 nitrogen and oxygen atoms in total. The zero-order valence-electron chi connectivity index (χ0n) is 10.0. The maximum Gasteiger partial charge on any atom is 0.251 e. The van der Waals surface area contributed by atoms with Crippen LogP contribution in [0.25, 0.3) is 0 Å². The molecule has 1 N–H and O–H groups in total. The molecule has 2 heterocycles.